The Morgan fingerprint density at radius 2 is 2.09 bits per heavy atom. The Morgan fingerprint density at radius 1 is 1.27 bits per heavy atom. The Kier molecular flexibility index (Phi) is 6.71. The minimum absolute atomic E-state index is 0.134. The molecule has 2 aromatic carbocycles. The first-order valence-electron chi connectivity index (χ1n) is 10.5. The molecule has 1 N–H and O–H groups in total. The topological polar surface area (TPSA) is 95.2 Å². The number of benzene rings is 2. The molecule has 3 aromatic rings. The second kappa shape index (κ2) is 9.68. The first-order chi connectivity index (χ1) is 15.8. The van der Waals surface area contributed by atoms with E-state index in [9.17, 15) is 18.8 Å². The zero-order valence-electron chi connectivity index (χ0n) is 17.9. The van der Waals surface area contributed by atoms with Gasteiger partial charge in [0.15, 0.2) is 0 Å². The number of aromatic nitrogens is 3. The lowest BCUT2D eigenvalue weighted by Crippen LogP contribution is -2.46. The van der Waals surface area contributed by atoms with Crippen LogP contribution in [0.25, 0.3) is 5.69 Å². The molecule has 2 heterocycles. The fraction of sp³-hybridized carbons (Fsp3) is 0.304. The van der Waals surface area contributed by atoms with Gasteiger partial charge in [-0.3, -0.25) is 14.2 Å². The van der Waals surface area contributed by atoms with E-state index in [-0.39, 0.29) is 24.9 Å². The molecule has 1 fully saturated rings. The van der Waals surface area contributed by atoms with Gasteiger partial charge in [0.25, 0.3) is 11.5 Å². The third-order valence-corrected chi connectivity index (χ3v) is 5.83. The standard InChI is InChI=1S/C23H22ClFN4O4/c1-14-7-8-17(11-19(14)24)29-23(32)28(13-15-4-2-5-16(25)10-15)22(31)20(27-29)21(30)26-12-18-6-3-9-33-18/h2,4-5,7-8,10-11,18H,3,6,9,12-13H2,1H3,(H,26,30). The van der Waals surface area contributed by atoms with E-state index in [2.05, 4.69) is 10.4 Å². The van der Waals surface area contributed by atoms with Crippen molar-refractivity contribution >= 4 is 17.5 Å². The van der Waals surface area contributed by atoms with Crippen molar-refractivity contribution in [1.82, 2.24) is 19.7 Å². The molecule has 1 atom stereocenters. The summed E-state index contributed by atoms with van der Waals surface area (Å²) in [6, 6.07) is 10.4. The lowest BCUT2D eigenvalue weighted by Gasteiger charge is -2.14. The fourth-order valence-corrected chi connectivity index (χ4v) is 3.77. The average Bonchev–Trinajstić information content (AvgIpc) is 3.31. The Morgan fingerprint density at radius 3 is 2.79 bits per heavy atom. The van der Waals surface area contributed by atoms with Crippen LogP contribution in [0.4, 0.5) is 4.39 Å². The van der Waals surface area contributed by atoms with E-state index >= 15 is 0 Å². The molecular formula is C23H22ClFN4O4. The molecule has 1 aliphatic rings. The van der Waals surface area contributed by atoms with Crippen molar-refractivity contribution in [2.45, 2.75) is 32.4 Å². The summed E-state index contributed by atoms with van der Waals surface area (Å²) >= 11 is 6.21. The molecule has 0 saturated carbocycles. The van der Waals surface area contributed by atoms with Crippen molar-refractivity contribution in [3.05, 3.63) is 91.0 Å². The van der Waals surface area contributed by atoms with Gasteiger partial charge in [0.2, 0.25) is 5.69 Å². The SMILES string of the molecule is Cc1ccc(-n2nc(C(=O)NCC3CCCO3)c(=O)n(Cc3cccc(F)c3)c2=O)cc1Cl. The van der Waals surface area contributed by atoms with Crippen LogP contribution in [0.2, 0.25) is 5.02 Å². The number of hydrogen-bond acceptors (Lipinski definition) is 5. The van der Waals surface area contributed by atoms with Gasteiger partial charge in [-0.1, -0.05) is 29.8 Å². The molecule has 1 aromatic heterocycles. The predicted octanol–water partition coefficient (Wildman–Crippen LogP) is 2.45. The van der Waals surface area contributed by atoms with Crippen LogP contribution in [0.1, 0.15) is 34.5 Å². The third kappa shape index (κ3) is 5.04. The van der Waals surface area contributed by atoms with Gasteiger partial charge in [-0.05, 0) is 55.2 Å². The van der Waals surface area contributed by atoms with Crippen LogP contribution in [0.3, 0.4) is 0 Å². The van der Waals surface area contributed by atoms with E-state index in [1.807, 2.05) is 0 Å². The summed E-state index contributed by atoms with van der Waals surface area (Å²) in [4.78, 5) is 39.1. The van der Waals surface area contributed by atoms with Crippen LogP contribution in [0, 0.1) is 12.7 Å². The largest absolute Gasteiger partial charge is 0.376 e. The number of aryl methyl sites for hydroxylation is 1. The van der Waals surface area contributed by atoms with Crippen molar-refractivity contribution in [2.75, 3.05) is 13.2 Å². The Bertz CT molecular complexity index is 1310. The summed E-state index contributed by atoms with van der Waals surface area (Å²) in [5.41, 5.74) is -0.642. The van der Waals surface area contributed by atoms with Crippen molar-refractivity contribution < 1.29 is 13.9 Å². The monoisotopic (exact) mass is 472 g/mol. The summed E-state index contributed by atoms with van der Waals surface area (Å²) in [7, 11) is 0. The van der Waals surface area contributed by atoms with Crippen molar-refractivity contribution in [3.8, 4) is 5.69 Å². The minimum atomic E-state index is -0.872. The molecule has 0 radical (unpaired) electrons. The first-order valence-corrected chi connectivity index (χ1v) is 10.9. The fourth-order valence-electron chi connectivity index (χ4n) is 3.59. The number of nitrogens with zero attached hydrogens (tertiary/aromatic N) is 3. The van der Waals surface area contributed by atoms with Crippen LogP contribution in [-0.4, -0.2) is 39.5 Å². The lowest BCUT2D eigenvalue weighted by atomic mass is 10.2. The highest BCUT2D eigenvalue weighted by atomic mass is 35.5. The Hall–Kier alpha value is -3.30. The quantitative estimate of drug-likeness (QED) is 0.594. The smallest absolute Gasteiger partial charge is 0.352 e. The van der Waals surface area contributed by atoms with Crippen molar-refractivity contribution in [3.63, 3.8) is 0 Å². The van der Waals surface area contributed by atoms with E-state index in [0.717, 1.165) is 27.7 Å². The number of amides is 1. The highest BCUT2D eigenvalue weighted by Crippen LogP contribution is 2.18. The van der Waals surface area contributed by atoms with Crippen LogP contribution in [-0.2, 0) is 11.3 Å². The van der Waals surface area contributed by atoms with Crippen LogP contribution in [0.5, 0.6) is 0 Å². The number of nitrogens with one attached hydrogen (secondary N) is 1. The molecule has 1 unspecified atom stereocenters. The van der Waals surface area contributed by atoms with Crippen LogP contribution in [0.15, 0.2) is 52.1 Å². The van der Waals surface area contributed by atoms with Gasteiger partial charge in [0.1, 0.15) is 5.82 Å². The van der Waals surface area contributed by atoms with Gasteiger partial charge in [-0.25, -0.2) is 9.18 Å². The zero-order valence-corrected chi connectivity index (χ0v) is 18.6. The minimum Gasteiger partial charge on any atom is -0.376 e. The van der Waals surface area contributed by atoms with Gasteiger partial charge in [0.05, 0.1) is 18.3 Å². The van der Waals surface area contributed by atoms with Crippen LogP contribution >= 0.6 is 11.6 Å². The van der Waals surface area contributed by atoms with Gasteiger partial charge in [0, 0.05) is 18.2 Å². The maximum atomic E-state index is 13.7. The number of halogens is 2. The highest BCUT2D eigenvalue weighted by Gasteiger charge is 2.23. The molecule has 1 saturated heterocycles. The second-order valence-corrected chi connectivity index (χ2v) is 8.25. The lowest BCUT2D eigenvalue weighted by molar-refractivity contribution is 0.0849. The van der Waals surface area contributed by atoms with Crippen molar-refractivity contribution in [2.24, 2.45) is 0 Å². The molecule has 0 bridgehead atoms. The molecule has 0 spiro atoms. The van der Waals surface area contributed by atoms with Gasteiger partial charge >= 0.3 is 5.69 Å². The van der Waals surface area contributed by atoms with E-state index in [1.54, 1.807) is 25.1 Å². The van der Waals surface area contributed by atoms with E-state index in [4.69, 9.17) is 16.3 Å². The summed E-state index contributed by atoms with van der Waals surface area (Å²) in [5.74, 6) is -1.23. The number of rotatable bonds is 6. The molecule has 4 rings (SSSR count). The summed E-state index contributed by atoms with van der Waals surface area (Å²) in [6.45, 7) is 2.42. The number of carbonyl (C=O) groups is 1. The Balaban J connectivity index is 1.79. The molecule has 8 nitrogen and oxygen atoms in total. The molecule has 10 heteroatoms. The number of hydrogen-bond donors (Lipinski definition) is 1. The van der Waals surface area contributed by atoms with Gasteiger partial charge < -0.3 is 10.1 Å². The molecule has 1 amide bonds. The van der Waals surface area contributed by atoms with E-state index in [0.29, 0.717) is 17.2 Å². The van der Waals surface area contributed by atoms with Gasteiger partial charge in [-0.2, -0.15) is 9.78 Å². The summed E-state index contributed by atoms with van der Waals surface area (Å²) in [5, 5.41) is 7.12. The molecule has 33 heavy (non-hydrogen) atoms. The van der Waals surface area contributed by atoms with E-state index < -0.39 is 28.7 Å². The first kappa shape index (κ1) is 22.9. The number of ether oxygens (including phenoxy) is 1. The van der Waals surface area contributed by atoms with Crippen molar-refractivity contribution in [1.29, 1.82) is 0 Å². The zero-order chi connectivity index (χ0) is 23.5. The predicted molar refractivity (Wildman–Crippen MR) is 121 cm³/mol. The third-order valence-electron chi connectivity index (χ3n) is 5.42. The molecule has 0 aliphatic carbocycles. The summed E-state index contributed by atoms with van der Waals surface area (Å²) in [6.07, 6.45) is 1.57. The van der Waals surface area contributed by atoms with E-state index in [1.165, 1.54) is 24.3 Å². The maximum Gasteiger partial charge on any atom is 0.352 e. The van der Waals surface area contributed by atoms with Crippen LogP contribution < -0.4 is 16.6 Å². The normalized spacial score (nSPS) is 15.5. The molecule has 1 aliphatic heterocycles. The second-order valence-electron chi connectivity index (χ2n) is 7.84. The molecule has 172 valence electrons. The van der Waals surface area contributed by atoms with Gasteiger partial charge in [-0.15, -0.1) is 0 Å². The Labute approximate surface area is 193 Å². The average molecular weight is 473 g/mol. The highest BCUT2D eigenvalue weighted by molar-refractivity contribution is 6.31. The summed E-state index contributed by atoms with van der Waals surface area (Å²) < 4.78 is 21.0. The molecular weight excluding hydrogens is 451 g/mol. The number of carbonyl (C=O) groups excluding carboxylic acids is 1. The maximum absolute atomic E-state index is 13.7.